The number of aromatic nitrogens is 2. The van der Waals surface area contributed by atoms with Gasteiger partial charge < -0.3 is 9.88 Å². The van der Waals surface area contributed by atoms with Gasteiger partial charge in [0.1, 0.15) is 0 Å². The number of halogens is 2. The summed E-state index contributed by atoms with van der Waals surface area (Å²) in [6.45, 7) is 4.82. The molecule has 1 aromatic heterocycles. The summed E-state index contributed by atoms with van der Waals surface area (Å²) in [5.41, 5.74) is 1.73. The quantitative estimate of drug-likeness (QED) is 0.902. The minimum Gasteiger partial charge on any atom is -0.324 e. The zero-order chi connectivity index (χ0) is 12.4. The van der Waals surface area contributed by atoms with Gasteiger partial charge in [0.25, 0.3) is 0 Å². The lowest BCUT2D eigenvalue weighted by Crippen LogP contribution is -2.02. The molecule has 2 aromatic rings. The normalized spacial score (nSPS) is 10.6. The highest BCUT2D eigenvalue weighted by Crippen LogP contribution is 2.30. The molecule has 0 amide bonds. The van der Waals surface area contributed by atoms with Crippen molar-refractivity contribution in [2.45, 2.75) is 20.4 Å². The van der Waals surface area contributed by atoms with Gasteiger partial charge in [0.05, 0.1) is 10.7 Å². The maximum Gasteiger partial charge on any atom is 0.207 e. The average Bonchev–Trinajstić information content (AvgIpc) is 2.73. The molecule has 0 saturated carbocycles. The van der Waals surface area contributed by atoms with Gasteiger partial charge in [-0.1, -0.05) is 23.2 Å². The van der Waals surface area contributed by atoms with Crippen LogP contribution >= 0.6 is 23.2 Å². The highest BCUT2D eigenvalue weighted by atomic mass is 35.5. The Morgan fingerprint density at radius 1 is 1.29 bits per heavy atom. The van der Waals surface area contributed by atoms with Crippen LogP contribution in [0.1, 0.15) is 12.5 Å². The Labute approximate surface area is 110 Å². The number of hydrogen-bond donors (Lipinski definition) is 1. The Morgan fingerprint density at radius 3 is 2.76 bits per heavy atom. The second-order valence-corrected chi connectivity index (χ2v) is 4.56. The Balaban J connectivity index is 2.33. The monoisotopic (exact) mass is 269 g/mol. The Kier molecular flexibility index (Phi) is 3.60. The summed E-state index contributed by atoms with van der Waals surface area (Å²) in [6.07, 6.45) is 3.65. The van der Waals surface area contributed by atoms with Crippen molar-refractivity contribution in [2.75, 3.05) is 5.32 Å². The number of benzene rings is 1. The van der Waals surface area contributed by atoms with E-state index in [0.29, 0.717) is 10.0 Å². The zero-order valence-corrected chi connectivity index (χ0v) is 11.2. The summed E-state index contributed by atoms with van der Waals surface area (Å²) in [5, 5.41) is 4.50. The van der Waals surface area contributed by atoms with Crippen molar-refractivity contribution in [1.82, 2.24) is 9.55 Å². The van der Waals surface area contributed by atoms with Gasteiger partial charge in [-0.3, -0.25) is 0 Å². The van der Waals surface area contributed by atoms with Crippen molar-refractivity contribution in [3.05, 3.63) is 40.1 Å². The number of imidazole rings is 1. The van der Waals surface area contributed by atoms with Gasteiger partial charge in [-0.2, -0.15) is 0 Å². The molecule has 0 aliphatic carbocycles. The summed E-state index contributed by atoms with van der Waals surface area (Å²) in [4.78, 5) is 4.23. The molecular formula is C12H13Cl2N3. The number of nitrogens with zero attached hydrogens (tertiary/aromatic N) is 2. The summed E-state index contributed by atoms with van der Waals surface area (Å²) in [6, 6.07) is 3.65. The standard InChI is InChI=1S/C12H13Cl2N3/c1-3-17-5-4-15-12(17)16-11-7-9(13)8(2)6-10(11)14/h4-7H,3H2,1-2H3,(H,15,16). The molecule has 2 rings (SSSR count). The second kappa shape index (κ2) is 4.98. The molecular weight excluding hydrogens is 257 g/mol. The lowest BCUT2D eigenvalue weighted by Gasteiger charge is -2.11. The molecule has 0 aliphatic heterocycles. The maximum absolute atomic E-state index is 6.16. The van der Waals surface area contributed by atoms with Crippen LogP contribution in [-0.4, -0.2) is 9.55 Å². The molecule has 3 nitrogen and oxygen atoms in total. The Morgan fingerprint density at radius 2 is 2.06 bits per heavy atom. The third-order valence-electron chi connectivity index (χ3n) is 2.55. The van der Waals surface area contributed by atoms with Crippen molar-refractivity contribution in [3.8, 4) is 0 Å². The van der Waals surface area contributed by atoms with E-state index in [4.69, 9.17) is 23.2 Å². The molecule has 0 atom stereocenters. The molecule has 0 radical (unpaired) electrons. The Hall–Kier alpha value is -1.19. The van der Waals surface area contributed by atoms with Crippen LogP contribution in [0.25, 0.3) is 0 Å². The molecule has 0 bridgehead atoms. The Bertz CT molecular complexity index is 535. The lowest BCUT2D eigenvalue weighted by molar-refractivity contribution is 0.772. The molecule has 0 fully saturated rings. The van der Waals surface area contributed by atoms with Crippen molar-refractivity contribution in [3.63, 3.8) is 0 Å². The number of anilines is 2. The van der Waals surface area contributed by atoms with Gasteiger partial charge in [0.15, 0.2) is 0 Å². The second-order valence-electron chi connectivity index (χ2n) is 3.74. The number of rotatable bonds is 3. The van der Waals surface area contributed by atoms with Gasteiger partial charge in [-0.05, 0) is 31.5 Å². The van der Waals surface area contributed by atoms with Crippen LogP contribution < -0.4 is 5.32 Å². The van der Waals surface area contributed by atoms with E-state index in [1.54, 1.807) is 6.20 Å². The van der Waals surface area contributed by atoms with Crippen molar-refractivity contribution in [1.29, 1.82) is 0 Å². The van der Waals surface area contributed by atoms with Crippen LogP contribution in [0.15, 0.2) is 24.5 Å². The van der Waals surface area contributed by atoms with Crippen LogP contribution in [0.3, 0.4) is 0 Å². The van der Waals surface area contributed by atoms with Crippen LogP contribution in [0.2, 0.25) is 10.0 Å². The van der Waals surface area contributed by atoms with Crippen LogP contribution in [0, 0.1) is 6.92 Å². The molecule has 17 heavy (non-hydrogen) atoms. The molecule has 0 unspecified atom stereocenters. The van der Waals surface area contributed by atoms with Crippen molar-refractivity contribution in [2.24, 2.45) is 0 Å². The van der Waals surface area contributed by atoms with Gasteiger partial charge >= 0.3 is 0 Å². The van der Waals surface area contributed by atoms with E-state index in [-0.39, 0.29) is 0 Å². The molecule has 90 valence electrons. The van der Waals surface area contributed by atoms with Crippen molar-refractivity contribution >= 4 is 34.8 Å². The van der Waals surface area contributed by atoms with E-state index >= 15 is 0 Å². The first-order chi connectivity index (χ1) is 8.11. The van der Waals surface area contributed by atoms with E-state index < -0.39 is 0 Å². The highest BCUT2D eigenvalue weighted by molar-refractivity contribution is 6.35. The predicted molar refractivity (Wildman–Crippen MR) is 72.4 cm³/mol. The lowest BCUT2D eigenvalue weighted by atomic mass is 10.2. The first-order valence-electron chi connectivity index (χ1n) is 5.35. The maximum atomic E-state index is 6.16. The summed E-state index contributed by atoms with van der Waals surface area (Å²) < 4.78 is 1.99. The van der Waals surface area contributed by atoms with E-state index in [1.165, 1.54) is 0 Å². The molecule has 1 aromatic carbocycles. The van der Waals surface area contributed by atoms with Crippen molar-refractivity contribution < 1.29 is 0 Å². The summed E-state index contributed by atoms with van der Waals surface area (Å²) in [7, 11) is 0. The minimum atomic E-state index is 0.637. The molecule has 0 aliphatic rings. The van der Waals surface area contributed by atoms with Gasteiger partial charge in [0.2, 0.25) is 5.95 Å². The molecule has 0 spiro atoms. The summed E-state index contributed by atoms with van der Waals surface area (Å²) >= 11 is 12.2. The first kappa shape index (κ1) is 12.3. The van der Waals surface area contributed by atoms with E-state index in [1.807, 2.05) is 29.8 Å². The SMILES string of the molecule is CCn1ccnc1Nc1cc(Cl)c(C)cc1Cl. The fourth-order valence-corrected chi connectivity index (χ4v) is 1.98. The average molecular weight is 270 g/mol. The fraction of sp³-hybridized carbons (Fsp3) is 0.250. The third-order valence-corrected chi connectivity index (χ3v) is 3.27. The topological polar surface area (TPSA) is 29.9 Å². The smallest absolute Gasteiger partial charge is 0.207 e. The molecule has 1 heterocycles. The number of nitrogens with one attached hydrogen (secondary N) is 1. The van der Waals surface area contributed by atoms with E-state index in [2.05, 4.69) is 17.2 Å². The van der Waals surface area contributed by atoms with Gasteiger partial charge in [-0.15, -0.1) is 0 Å². The first-order valence-corrected chi connectivity index (χ1v) is 6.11. The molecule has 1 N–H and O–H groups in total. The third kappa shape index (κ3) is 2.56. The fourth-order valence-electron chi connectivity index (χ4n) is 1.55. The minimum absolute atomic E-state index is 0.637. The molecule has 5 heteroatoms. The largest absolute Gasteiger partial charge is 0.324 e. The van der Waals surface area contributed by atoms with E-state index in [9.17, 15) is 0 Å². The number of aryl methyl sites for hydroxylation is 2. The predicted octanol–water partition coefficient (Wildman–Crippen LogP) is 4.26. The van der Waals surface area contributed by atoms with Gasteiger partial charge in [0, 0.05) is 24.0 Å². The van der Waals surface area contributed by atoms with Crippen LogP contribution in [0.4, 0.5) is 11.6 Å². The van der Waals surface area contributed by atoms with E-state index in [0.717, 1.165) is 23.7 Å². The zero-order valence-electron chi connectivity index (χ0n) is 9.67. The number of hydrogen-bond acceptors (Lipinski definition) is 2. The van der Waals surface area contributed by atoms with Crippen LogP contribution in [-0.2, 0) is 6.54 Å². The highest BCUT2D eigenvalue weighted by Gasteiger charge is 2.07. The van der Waals surface area contributed by atoms with Gasteiger partial charge in [-0.25, -0.2) is 4.98 Å². The molecule has 0 saturated heterocycles. The summed E-state index contributed by atoms with van der Waals surface area (Å²) in [5.74, 6) is 0.759. The van der Waals surface area contributed by atoms with Crippen LogP contribution in [0.5, 0.6) is 0 Å².